The molecule has 2 aromatic heterocycles. The van der Waals surface area contributed by atoms with Crippen LogP contribution in [0.25, 0.3) is 10.2 Å². The lowest BCUT2D eigenvalue weighted by Gasteiger charge is -2.33. The lowest BCUT2D eigenvalue weighted by Crippen LogP contribution is -2.36. The molecule has 32 heavy (non-hydrogen) atoms. The largest absolute Gasteiger partial charge is 0.480 e. The molecule has 7 nitrogen and oxygen atoms in total. The second kappa shape index (κ2) is 9.94. The molecular formula is C24H30N4O3S. The average Bonchev–Trinajstić information content (AvgIpc) is 3.13. The van der Waals surface area contributed by atoms with Gasteiger partial charge in [-0.25, -0.2) is 4.98 Å². The van der Waals surface area contributed by atoms with Gasteiger partial charge in [0.2, 0.25) is 5.88 Å². The summed E-state index contributed by atoms with van der Waals surface area (Å²) in [5, 5.41) is 3.79. The van der Waals surface area contributed by atoms with E-state index in [1.165, 1.54) is 36.2 Å². The van der Waals surface area contributed by atoms with Gasteiger partial charge < -0.3 is 14.8 Å². The summed E-state index contributed by atoms with van der Waals surface area (Å²) in [5.74, 6) is 0.841. The summed E-state index contributed by atoms with van der Waals surface area (Å²) in [6.07, 6.45) is 3.87. The fraction of sp³-hybridized carbons (Fsp3) is 0.458. The van der Waals surface area contributed by atoms with E-state index in [1.54, 1.807) is 14.2 Å². The highest BCUT2D eigenvalue weighted by Crippen LogP contribution is 2.35. The van der Waals surface area contributed by atoms with Crippen LogP contribution in [0.5, 0.6) is 5.88 Å². The third-order valence-corrected chi connectivity index (χ3v) is 7.20. The highest BCUT2D eigenvalue weighted by Gasteiger charge is 2.22. The number of aromatic nitrogens is 2. The molecule has 0 aliphatic carbocycles. The fourth-order valence-corrected chi connectivity index (χ4v) is 5.30. The number of anilines is 1. The maximum atomic E-state index is 13.0. The number of nitrogens with zero attached hydrogens (tertiary/aromatic N) is 3. The van der Waals surface area contributed by atoms with E-state index in [4.69, 9.17) is 9.47 Å². The van der Waals surface area contributed by atoms with Gasteiger partial charge in [-0.2, -0.15) is 4.98 Å². The average molecular weight is 455 g/mol. The second-order valence-corrected chi connectivity index (χ2v) is 9.28. The Morgan fingerprint density at radius 2 is 2.00 bits per heavy atom. The molecule has 1 aliphatic heterocycles. The Bertz CT molecular complexity index is 1100. The molecule has 1 aliphatic rings. The van der Waals surface area contributed by atoms with E-state index in [0.29, 0.717) is 22.6 Å². The van der Waals surface area contributed by atoms with Crippen molar-refractivity contribution >= 4 is 33.1 Å². The Morgan fingerprint density at radius 1 is 1.22 bits per heavy atom. The smallest absolute Gasteiger partial charge is 0.266 e. The molecule has 0 bridgehead atoms. The highest BCUT2D eigenvalue weighted by atomic mass is 32.1. The summed E-state index contributed by atoms with van der Waals surface area (Å²) in [6.45, 7) is 6.60. The van der Waals surface area contributed by atoms with Crippen LogP contribution < -0.4 is 10.1 Å². The minimum absolute atomic E-state index is 0.154. The number of ether oxygens (including phenoxy) is 2. The van der Waals surface area contributed by atoms with Crippen LogP contribution in [0.15, 0.2) is 24.3 Å². The van der Waals surface area contributed by atoms with Crippen LogP contribution in [0.1, 0.15) is 52.8 Å². The normalized spacial score (nSPS) is 16.9. The Kier molecular flexibility index (Phi) is 7.03. The quantitative estimate of drug-likeness (QED) is 0.554. The molecule has 0 radical (unpaired) electrons. The number of methoxy groups -OCH3 is 2. The summed E-state index contributed by atoms with van der Waals surface area (Å²) in [7, 11) is 3.17. The molecule has 1 unspecified atom stereocenters. The summed E-state index contributed by atoms with van der Waals surface area (Å²) >= 11 is 1.34. The van der Waals surface area contributed by atoms with Crippen LogP contribution in [0.2, 0.25) is 0 Å². The zero-order chi connectivity index (χ0) is 22.7. The number of piperidine rings is 1. The summed E-state index contributed by atoms with van der Waals surface area (Å²) in [4.78, 5) is 25.8. The van der Waals surface area contributed by atoms with Crippen molar-refractivity contribution in [2.75, 3.05) is 26.1 Å². The summed E-state index contributed by atoms with van der Waals surface area (Å²) in [6, 6.07) is 8.77. The van der Waals surface area contributed by atoms with Gasteiger partial charge in [0.15, 0.2) is 5.82 Å². The van der Waals surface area contributed by atoms with Gasteiger partial charge in [-0.05, 0) is 56.5 Å². The summed E-state index contributed by atoms with van der Waals surface area (Å²) < 4.78 is 10.6. The number of amides is 1. The van der Waals surface area contributed by atoms with E-state index in [1.807, 2.05) is 19.1 Å². The number of thiophene rings is 1. The first kappa shape index (κ1) is 22.6. The Labute approximate surface area is 192 Å². The number of hydrogen-bond acceptors (Lipinski definition) is 7. The summed E-state index contributed by atoms with van der Waals surface area (Å²) in [5.41, 5.74) is 2.86. The fourth-order valence-electron chi connectivity index (χ4n) is 4.21. The van der Waals surface area contributed by atoms with Gasteiger partial charge in [-0.3, -0.25) is 9.69 Å². The molecule has 170 valence electrons. The molecule has 3 heterocycles. The van der Waals surface area contributed by atoms with Gasteiger partial charge in [0.05, 0.1) is 17.4 Å². The van der Waals surface area contributed by atoms with Gasteiger partial charge in [0.1, 0.15) is 11.4 Å². The predicted molar refractivity (Wildman–Crippen MR) is 128 cm³/mol. The van der Waals surface area contributed by atoms with Crippen molar-refractivity contribution < 1.29 is 14.3 Å². The monoisotopic (exact) mass is 454 g/mol. The van der Waals surface area contributed by atoms with E-state index >= 15 is 0 Å². The molecule has 1 saturated heterocycles. The maximum Gasteiger partial charge on any atom is 0.266 e. The number of nitrogens with one attached hydrogen (secondary N) is 1. The zero-order valence-corrected chi connectivity index (χ0v) is 19.9. The van der Waals surface area contributed by atoms with E-state index in [0.717, 1.165) is 34.6 Å². The number of benzene rings is 1. The van der Waals surface area contributed by atoms with Gasteiger partial charge in [0.25, 0.3) is 5.91 Å². The van der Waals surface area contributed by atoms with Crippen molar-refractivity contribution in [2.24, 2.45) is 0 Å². The van der Waals surface area contributed by atoms with Crippen LogP contribution in [0.3, 0.4) is 0 Å². The predicted octanol–water partition coefficient (Wildman–Crippen LogP) is 4.78. The van der Waals surface area contributed by atoms with E-state index in [9.17, 15) is 4.79 Å². The first-order valence-corrected chi connectivity index (χ1v) is 11.8. The minimum atomic E-state index is -0.154. The number of hydrogen-bond donors (Lipinski definition) is 1. The lowest BCUT2D eigenvalue weighted by molar-refractivity contribution is 0.103. The van der Waals surface area contributed by atoms with Gasteiger partial charge in [-0.1, -0.05) is 18.6 Å². The van der Waals surface area contributed by atoms with Crippen LogP contribution >= 0.6 is 11.3 Å². The molecule has 1 N–H and O–H groups in total. The third-order valence-electron chi connectivity index (χ3n) is 6.01. The molecule has 4 rings (SSSR count). The lowest BCUT2D eigenvalue weighted by atomic mass is 10.0. The number of likely N-dealkylation sites (tertiary alicyclic amines) is 1. The van der Waals surface area contributed by atoms with Crippen LogP contribution in [0, 0.1) is 6.92 Å². The highest BCUT2D eigenvalue weighted by molar-refractivity contribution is 7.20. The number of aryl methyl sites for hydroxylation is 1. The molecule has 8 heteroatoms. The molecule has 1 aromatic carbocycles. The topological polar surface area (TPSA) is 76.6 Å². The molecule has 1 atom stereocenters. The second-order valence-electron chi connectivity index (χ2n) is 8.28. The number of rotatable bonds is 7. The van der Waals surface area contributed by atoms with Crippen molar-refractivity contribution in [2.45, 2.75) is 52.3 Å². The first-order valence-electron chi connectivity index (χ1n) is 11.0. The van der Waals surface area contributed by atoms with Crippen molar-refractivity contribution in [1.29, 1.82) is 0 Å². The molecule has 1 amide bonds. The molecule has 1 fully saturated rings. The standard InChI is InChI=1S/C24H30N4O3S/c1-15-7-5-6-12-28(15)13-17-8-10-18(11-9-17)25-22(29)21-16(2)20-23(31-4)26-19(14-30-3)27-24(20)32-21/h8-11,15H,5-7,12-14H2,1-4H3,(H,25,29). The molecule has 0 saturated carbocycles. The molecule has 0 spiro atoms. The van der Waals surface area contributed by atoms with Crippen LogP contribution in [-0.2, 0) is 17.9 Å². The first-order chi connectivity index (χ1) is 15.5. The van der Waals surface area contributed by atoms with E-state index in [2.05, 4.69) is 39.2 Å². The van der Waals surface area contributed by atoms with E-state index in [-0.39, 0.29) is 12.5 Å². The number of fused-ring (bicyclic) bond motifs is 1. The Hall–Kier alpha value is -2.55. The minimum Gasteiger partial charge on any atom is -0.480 e. The van der Waals surface area contributed by atoms with Crippen LogP contribution in [0.4, 0.5) is 5.69 Å². The molecular weight excluding hydrogens is 424 g/mol. The number of carbonyl (C=O) groups excluding carboxylic acids is 1. The van der Waals surface area contributed by atoms with Crippen molar-refractivity contribution in [3.8, 4) is 5.88 Å². The van der Waals surface area contributed by atoms with Crippen molar-refractivity contribution in [1.82, 2.24) is 14.9 Å². The van der Waals surface area contributed by atoms with E-state index < -0.39 is 0 Å². The van der Waals surface area contributed by atoms with Gasteiger partial charge in [0, 0.05) is 25.4 Å². The van der Waals surface area contributed by atoms with Crippen molar-refractivity contribution in [3.05, 3.63) is 46.1 Å². The van der Waals surface area contributed by atoms with Gasteiger partial charge >= 0.3 is 0 Å². The van der Waals surface area contributed by atoms with Crippen molar-refractivity contribution in [3.63, 3.8) is 0 Å². The zero-order valence-electron chi connectivity index (χ0n) is 19.1. The Morgan fingerprint density at radius 3 is 2.69 bits per heavy atom. The van der Waals surface area contributed by atoms with Gasteiger partial charge in [-0.15, -0.1) is 11.3 Å². The SMILES string of the molecule is COCc1nc(OC)c2c(C)c(C(=O)Nc3ccc(CN4CCCCC4C)cc3)sc2n1. The Balaban J connectivity index is 1.50. The van der Waals surface area contributed by atoms with Crippen LogP contribution in [-0.4, -0.2) is 47.6 Å². The molecule has 3 aromatic rings. The number of carbonyl (C=O) groups is 1. The maximum absolute atomic E-state index is 13.0. The third kappa shape index (κ3) is 4.77.